The van der Waals surface area contributed by atoms with Gasteiger partial charge in [0.1, 0.15) is 11.8 Å². The van der Waals surface area contributed by atoms with E-state index in [2.05, 4.69) is 10.4 Å². The number of benzene rings is 1. The van der Waals surface area contributed by atoms with Gasteiger partial charge < -0.3 is 9.73 Å². The van der Waals surface area contributed by atoms with Gasteiger partial charge in [-0.1, -0.05) is 26.0 Å². The number of hydrogen-bond acceptors (Lipinski definition) is 4. The van der Waals surface area contributed by atoms with Gasteiger partial charge in [-0.05, 0) is 29.8 Å². The van der Waals surface area contributed by atoms with Crippen molar-refractivity contribution in [3.63, 3.8) is 0 Å². The number of hydrazone groups is 1. The average Bonchev–Trinajstić information content (AvgIpc) is 3.23. The number of carbonyl (C=O) groups is 2. The number of nitrogens with one attached hydrogen (secondary N) is 1. The van der Waals surface area contributed by atoms with Gasteiger partial charge in [0, 0.05) is 24.9 Å². The van der Waals surface area contributed by atoms with Crippen LogP contribution in [0.3, 0.4) is 0 Å². The summed E-state index contributed by atoms with van der Waals surface area (Å²) in [7, 11) is 0. The van der Waals surface area contributed by atoms with Gasteiger partial charge in [0.25, 0.3) is 0 Å². The highest BCUT2D eigenvalue weighted by molar-refractivity contribution is 6.03. The van der Waals surface area contributed by atoms with Gasteiger partial charge in [-0.25, -0.2) is 5.01 Å². The molecule has 1 aromatic carbocycles. The third kappa shape index (κ3) is 3.63. The minimum Gasteiger partial charge on any atom is -0.467 e. The summed E-state index contributed by atoms with van der Waals surface area (Å²) in [5.74, 6) is 0.425. The molecule has 1 unspecified atom stereocenters. The number of amides is 2. The molecular weight excluding hydrogens is 318 g/mol. The van der Waals surface area contributed by atoms with Crippen molar-refractivity contribution in [1.29, 1.82) is 0 Å². The van der Waals surface area contributed by atoms with Crippen molar-refractivity contribution >= 4 is 23.2 Å². The molecule has 0 aliphatic carbocycles. The Bertz CT molecular complexity index is 792. The second-order valence-electron chi connectivity index (χ2n) is 6.38. The molecule has 6 nitrogen and oxygen atoms in total. The molecule has 2 amide bonds. The number of furan rings is 1. The fourth-order valence-corrected chi connectivity index (χ4v) is 2.80. The summed E-state index contributed by atoms with van der Waals surface area (Å²) in [6.45, 7) is 5.19. The lowest BCUT2D eigenvalue weighted by molar-refractivity contribution is -0.136. The van der Waals surface area contributed by atoms with Crippen molar-refractivity contribution in [3.8, 4) is 0 Å². The SMILES string of the molecule is CC(=O)Nc1ccc(C2=NN(C(=O)C(C)C)C(c3ccco3)C2)cc1. The van der Waals surface area contributed by atoms with Crippen LogP contribution in [0.25, 0.3) is 0 Å². The Morgan fingerprint density at radius 1 is 1.24 bits per heavy atom. The van der Waals surface area contributed by atoms with Crippen molar-refractivity contribution in [3.05, 3.63) is 54.0 Å². The number of hydrogen-bond donors (Lipinski definition) is 1. The van der Waals surface area contributed by atoms with E-state index in [1.54, 1.807) is 6.26 Å². The van der Waals surface area contributed by atoms with E-state index in [1.165, 1.54) is 11.9 Å². The number of carbonyl (C=O) groups excluding carboxylic acids is 2. The third-order valence-corrected chi connectivity index (χ3v) is 4.04. The van der Waals surface area contributed by atoms with Crippen LogP contribution in [0.4, 0.5) is 5.69 Å². The second-order valence-corrected chi connectivity index (χ2v) is 6.38. The zero-order valence-electron chi connectivity index (χ0n) is 14.5. The van der Waals surface area contributed by atoms with Gasteiger partial charge in [0.05, 0.1) is 12.0 Å². The molecule has 2 aromatic rings. The largest absolute Gasteiger partial charge is 0.467 e. The normalized spacial score (nSPS) is 16.9. The molecule has 3 rings (SSSR count). The van der Waals surface area contributed by atoms with Crippen LogP contribution in [-0.4, -0.2) is 22.5 Å². The molecule has 0 radical (unpaired) electrons. The van der Waals surface area contributed by atoms with Crippen LogP contribution in [-0.2, 0) is 9.59 Å². The summed E-state index contributed by atoms with van der Waals surface area (Å²) < 4.78 is 5.51. The molecule has 1 N–H and O–H groups in total. The Morgan fingerprint density at radius 2 is 1.96 bits per heavy atom. The highest BCUT2D eigenvalue weighted by Gasteiger charge is 2.35. The summed E-state index contributed by atoms with van der Waals surface area (Å²) in [6.07, 6.45) is 2.19. The van der Waals surface area contributed by atoms with Crippen LogP contribution >= 0.6 is 0 Å². The van der Waals surface area contributed by atoms with E-state index in [0.717, 1.165) is 22.7 Å². The van der Waals surface area contributed by atoms with Crippen molar-refractivity contribution < 1.29 is 14.0 Å². The maximum absolute atomic E-state index is 12.5. The van der Waals surface area contributed by atoms with E-state index in [-0.39, 0.29) is 23.8 Å². The van der Waals surface area contributed by atoms with Gasteiger partial charge in [-0.2, -0.15) is 5.10 Å². The van der Waals surface area contributed by atoms with Crippen LogP contribution < -0.4 is 5.32 Å². The molecule has 2 heterocycles. The van der Waals surface area contributed by atoms with Crippen LogP contribution in [0.2, 0.25) is 0 Å². The first-order valence-electron chi connectivity index (χ1n) is 8.27. The minimum atomic E-state index is -0.227. The molecule has 1 aliphatic heterocycles. The highest BCUT2D eigenvalue weighted by atomic mass is 16.3. The first-order valence-corrected chi connectivity index (χ1v) is 8.27. The molecule has 0 bridgehead atoms. The molecule has 0 saturated heterocycles. The number of rotatable bonds is 4. The first kappa shape index (κ1) is 17.0. The van der Waals surface area contributed by atoms with Gasteiger partial charge in [0.15, 0.2) is 0 Å². The van der Waals surface area contributed by atoms with Crippen LogP contribution in [0.1, 0.15) is 44.6 Å². The van der Waals surface area contributed by atoms with Crippen LogP contribution in [0.15, 0.2) is 52.2 Å². The Balaban J connectivity index is 1.87. The summed E-state index contributed by atoms with van der Waals surface area (Å²) >= 11 is 0. The van der Waals surface area contributed by atoms with Crippen LogP contribution in [0, 0.1) is 5.92 Å². The predicted octanol–water partition coefficient (Wildman–Crippen LogP) is 3.57. The molecular formula is C19H21N3O3. The Morgan fingerprint density at radius 3 is 2.52 bits per heavy atom. The Hall–Kier alpha value is -2.89. The average molecular weight is 339 g/mol. The minimum absolute atomic E-state index is 0.0359. The topological polar surface area (TPSA) is 74.9 Å². The lowest BCUT2D eigenvalue weighted by Gasteiger charge is -2.21. The van der Waals surface area contributed by atoms with Gasteiger partial charge in [0.2, 0.25) is 11.8 Å². The van der Waals surface area contributed by atoms with E-state index < -0.39 is 0 Å². The van der Waals surface area contributed by atoms with Crippen molar-refractivity contribution in [1.82, 2.24) is 5.01 Å². The molecule has 25 heavy (non-hydrogen) atoms. The highest BCUT2D eigenvalue weighted by Crippen LogP contribution is 2.34. The maximum Gasteiger partial charge on any atom is 0.245 e. The summed E-state index contributed by atoms with van der Waals surface area (Å²) in [5.41, 5.74) is 2.47. The summed E-state index contributed by atoms with van der Waals surface area (Å²) in [4.78, 5) is 23.7. The van der Waals surface area contributed by atoms with Gasteiger partial charge >= 0.3 is 0 Å². The van der Waals surface area contributed by atoms with Gasteiger partial charge in [-0.15, -0.1) is 0 Å². The first-order chi connectivity index (χ1) is 12.0. The van der Waals surface area contributed by atoms with Crippen molar-refractivity contribution in [2.24, 2.45) is 11.0 Å². The Labute approximate surface area is 146 Å². The van der Waals surface area contributed by atoms with E-state index in [0.29, 0.717) is 6.42 Å². The molecule has 1 aliphatic rings. The molecule has 0 fully saturated rings. The fourth-order valence-electron chi connectivity index (χ4n) is 2.80. The third-order valence-electron chi connectivity index (χ3n) is 4.04. The summed E-state index contributed by atoms with van der Waals surface area (Å²) in [5, 5.41) is 8.83. The standard InChI is InChI=1S/C19H21N3O3/c1-12(2)19(24)22-17(18-5-4-10-25-18)11-16(21-22)14-6-8-15(9-7-14)20-13(3)23/h4-10,12,17H,11H2,1-3H3,(H,20,23). The quantitative estimate of drug-likeness (QED) is 0.925. The predicted molar refractivity (Wildman–Crippen MR) is 95.0 cm³/mol. The number of anilines is 1. The zero-order valence-corrected chi connectivity index (χ0v) is 14.5. The Kier molecular flexibility index (Phi) is 4.70. The van der Waals surface area contributed by atoms with Crippen LogP contribution in [0.5, 0.6) is 0 Å². The molecule has 1 aromatic heterocycles. The molecule has 0 spiro atoms. The van der Waals surface area contributed by atoms with Crippen molar-refractivity contribution in [2.45, 2.75) is 33.2 Å². The monoisotopic (exact) mass is 339 g/mol. The van der Waals surface area contributed by atoms with E-state index in [1.807, 2.05) is 50.2 Å². The van der Waals surface area contributed by atoms with Gasteiger partial charge in [-0.3, -0.25) is 9.59 Å². The fraction of sp³-hybridized carbons (Fsp3) is 0.316. The lowest BCUT2D eigenvalue weighted by Crippen LogP contribution is -2.30. The van der Waals surface area contributed by atoms with E-state index >= 15 is 0 Å². The zero-order chi connectivity index (χ0) is 18.0. The lowest BCUT2D eigenvalue weighted by atomic mass is 10.0. The molecule has 6 heteroatoms. The maximum atomic E-state index is 12.5. The van der Waals surface area contributed by atoms with E-state index in [4.69, 9.17) is 4.42 Å². The smallest absolute Gasteiger partial charge is 0.245 e. The summed E-state index contributed by atoms with van der Waals surface area (Å²) in [6, 6.07) is 10.9. The number of nitrogens with zero attached hydrogens (tertiary/aromatic N) is 2. The molecule has 0 saturated carbocycles. The molecule has 1 atom stereocenters. The second kappa shape index (κ2) is 6.93. The molecule has 130 valence electrons. The van der Waals surface area contributed by atoms with E-state index in [9.17, 15) is 9.59 Å². The van der Waals surface area contributed by atoms with Crippen molar-refractivity contribution in [2.75, 3.05) is 5.32 Å².